The Kier molecular flexibility index (Phi) is 5.87. The van der Waals surface area contributed by atoms with E-state index >= 15 is 0 Å². The number of halogens is 3. The fourth-order valence-corrected chi connectivity index (χ4v) is 5.16. The lowest BCUT2D eigenvalue weighted by Crippen LogP contribution is -2.77. The molecule has 1 spiro atoms. The zero-order valence-electron chi connectivity index (χ0n) is 19.0. The fraction of sp³-hybridized carbons (Fsp3) is 0.375. The van der Waals surface area contributed by atoms with Crippen molar-refractivity contribution in [1.29, 1.82) is 0 Å². The second-order valence-corrected chi connectivity index (χ2v) is 9.23. The van der Waals surface area contributed by atoms with Crippen molar-refractivity contribution < 1.29 is 37.0 Å². The molecule has 0 unspecified atom stereocenters. The van der Waals surface area contributed by atoms with Gasteiger partial charge in [-0.05, 0) is 61.3 Å². The molecule has 3 fully saturated rings. The normalized spacial score (nSPS) is 21.4. The largest absolute Gasteiger partial charge is 0.573 e. The SMILES string of the molecule is O=C1NC(=O)C(c2ccc(Oc3ccc(OC(F)(F)F)cc3)cc2)(N2CC3(CCCNC3)C2)C(=O)N1. The summed E-state index contributed by atoms with van der Waals surface area (Å²) in [5.74, 6) is -1.22. The third-order valence-corrected chi connectivity index (χ3v) is 6.76. The molecule has 4 amide bonds. The van der Waals surface area contributed by atoms with Crippen molar-refractivity contribution in [2.24, 2.45) is 5.41 Å². The average Bonchev–Trinajstić information content (AvgIpc) is 2.80. The number of barbiturate groups is 1. The first-order valence-electron chi connectivity index (χ1n) is 11.4. The molecule has 190 valence electrons. The van der Waals surface area contributed by atoms with Gasteiger partial charge in [-0.15, -0.1) is 13.2 Å². The number of carbonyl (C=O) groups excluding carboxylic acids is 3. The molecule has 0 radical (unpaired) electrons. The Bertz CT molecular complexity index is 1150. The third-order valence-electron chi connectivity index (χ3n) is 6.76. The molecule has 3 N–H and O–H groups in total. The van der Waals surface area contributed by atoms with E-state index in [4.69, 9.17) is 4.74 Å². The molecule has 2 aromatic rings. The highest BCUT2D eigenvalue weighted by Gasteiger charge is 2.62. The summed E-state index contributed by atoms with van der Waals surface area (Å²) in [5.41, 5.74) is -1.38. The van der Waals surface area contributed by atoms with E-state index in [9.17, 15) is 27.6 Å². The summed E-state index contributed by atoms with van der Waals surface area (Å²) in [4.78, 5) is 39.9. The molecule has 0 saturated carbocycles. The summed E-state index contributed by atoms with van der Waals surface area (Å²) >= 11 is 0. The molecule has 3 aliphatic heterocycles. The van der Waals surface area contributed by atoms with Crippen LogP contribution in [0.4, 0.5) is 18.0 Å². The Morgan fingerprint density at radius 1 is 0.833 bits per heavy atom. The van der Waals surface area contributed by atoms with Gasteiger partial charge in [0.25, 0.3) is 11.8 Å². The van der Waals surface area contributed by atoms with Gasteiger partial charge in [-0.2, -0.15) is 0 Å². The van der Waals surface area contributed by atoms with E-state index in [1.54, 1.807) is 29.2 Å². The van der Waals surface area contributed by atoms with E-state index in [0.29, 0.717) is 24.4 Å². The van der Waals surface area contributed by atoms with Gasteiger partial charge in [-0.1, -0.05) is 12.1 Å². The Labute approximate surface area is 203 Å². The van der Waals surface area contributed by atoms with E-state index in [-0.39, 0.29) is 16.9 Å². The number of carbonyl (C=O) groups is 3. The smallest absolute Gasteiger partial charge is 0.457 e. The van der Waals surface area contributed by atoms with Crippen molar-refractivity contribution in [3.63, 3.8) is 0 Å². The molecule has 0 aliphatic carbocycles. The maximum absolute atomic E-state index is 13.2. The number of amides is 4. The first kappa shape index (κ1) is 24.1. The lowest BCUT2D eigenvalue weighted by atomic mass is 9.69. The van der Waals surface area contributed by atoms with E-state index in [2.05, 4.69) is 20.7 Å². The van der Waals surface area contributed by atoms with Crippen molar-refractivity contribution in [2.75, 3.05) is 26.2 Å². The number of likely N-dealkylation sites (tertiary alicyclic amines) is 1. The number of piperidine rings is 1. The van der Waals surface area contributed by atoms with Crippen LogP contribution >= 0.6 is 0 Å². The molecule has 5 rings (SSSR count). The number of urea groups is 1. The van der Waals surface area contributed by atoms with Crippen LogP contribution in [0.3, 0.4) is 0 Å². The molecule has 0 bridgehead atoms. The number of nitrogens with one attached hydrogen (secondary N) is 3. The molecule has 3 saturated heterocycles. The van der Waals surface area contributed by atoms with Crippen LogP contribution < -0.4 is 25.4 Å². The maximum atomic E-state index is 13.2. The van der Waals surface area contributed by atoms with Gasteiger partial charge in [0.05, 0.1) is 0 Å². The van der Waals surface area contributed by atoms with Gasteiger partial charge in [0, 0.05) is 25.0 Å². The Balaban J connectivity index is 1.37. The highest BCUT2D eigenvalue weighted by atomic mass is 19.4. The standard InChI is InChI=1S/C24H23F3N4O5/c25-24(26,27)36-18-8-6-17(7-9-18)35-16-4-2-15(3-5-16)23(19(32)29-21(34)30-20(23)33)31-13-22(14-31)10-1-11-28-12-22/h2-9,28H,1,10-14H2,(H2,29,30,32,33,34). The molecular weight excluding hydrogens is 481 g/mol. The number of imide groups is 2. The monoisotopic (exact) mass is 504 g/mol. The zero-order chi connectivity index (χ0) is 25.6. The van der Waals surface area contributed by atoms with E-state index in [0.717, 1.165) is 38.1 Å². The average molecular weight is 504 g/mol. The van der Waals surface area contributed by atoms with Gasteiger partial charge in [-0.25, -0.2) is 4.79 Å². The maximum Gasteiger partial charge on any atom is 0.573 e. The number of ether oxygens (including phenoxy) is 2. The van der Waals surface area contributed by atoms with E-state index in [1.807, 2.05) is 0 Å². The lowest BCUT2D eigenvalue weighted by molar-refractivity contribution is -0.274. The molecule has 12 heteroatoms. The molecule has 3 aliphatic rings. The van der Waals surface area contributed by atoms with Gasteiger partial charge < -0.3 is 14.8 Å². The third kappa shape index (κ3) is 4.37. The van der Waals surface area contributed by atoms with Crippen molar-refractivity contribution in [1.82, 2.24) is 20.9 Å². The minimum atomic E-state index is -4.79. The highest BCUT2D eigenvalue weighted by Crippen LogP contribution is 2.45. The van der Waals surface area contributed by atoms with Crippen molar-refractivity contribution in [2.45, 2.75) is 24.7 Å². The van der Waals surface area contributed by atoms with Gasteiger partial charge in [0.2, 0.25) is 5.54 Å². The van der Waals surface area contributed by atoms with Crippen molar-refractivity contribution in [3.05, 3.63) is 54.1 Å². The first-order chi connectivity index (χ1) is 17.1. The predicted molar refractivity (Wildman–Crippen MR) is 119 cm³/mol. The number of hydrogen-bond donors (Lipinski definition) is 3. The van der Waals surface area contributed by atoms with Crippen LogP contribution in [-0.4, -0.2) is 55.3 Å². The summed E-state index contributed by atoms with van der Waals surface area (Å²) in [6.07, 6.45) is -2.80. The minimum absolute atomic E-state index is 0.0295. The lowest BCUT2D eigenvalue weighted by Gasteiger charge is -2.58. The number of hydrogen-bond acceptors (Lipinski definition) is 7. The van der Waals surface area contributed by atoms with Crippen LogP contribution in [0.15, 0.2) is 48.5 Å². The fourth-order valence-electron chi connectivity index (χ4n) is 5.16. The summed E-state index contributed by atoms with van der Waals surface area (Å²) in [6, 6.07) is 10.2. The van der Waals surface area contributed by atoms with Crippen LogP contribution in [0.2, 0.25) is 0 Å². The highest BCUT2D eigenvalue weighted by molar-refractivity contribution is 6.22. The molecule has 0 atom stereocenters. The second kappa shape index (κ2) is 8.79. The second-order valence-electron chi connectivity index (χ2n) is 9.23. The van der Waals surface area contributed by atoms with Crippen molar-refractivity contribution in [3.8, 4) is 17.2 Å². The number of alkyl halides is 3. The number of rotatable bonds is 5. The van der Waals surface area contributed by atoms with Gasteiger partial charge in [0.15, 0.2) is 0 Å². The van der Waals surface area contributed by atoms with E-state index < -0.39 is 29.7 Å². The van der Waals surface area contributed by atoms with Crippen LogP contribution in [0.5, 0.6) is 17.2 Å². The minimum Gasteiger partial charge on any atom is -0.457 e. The molecule has 36 heavy (non-hydrogen) atoms. The quantitative estimate of drug-likeness (QED) is 0.538. The summed E-state index contributed by atoms with van der Waals surface area (Å²) in [5, 5.41) is 7.82. The molecule has 2 aromatic carbocycles. The van der Waals surface area contributed by atoms with Crippen LogP contribution in [0.25, 0.3) is 0 Å². The summed E-state index contributed by atoms with van der Waals surface area (Å²) < 4.78 is 46.6. The number of nitrogens with zero attached hydrogens (tertiary/aromatic N) is 1. The van der Waals surface area contributed by atoms with Gasteiger partial charge in [-0.3, -0.25) is 25.1 Å². The molecule has 3 heterocycles. The summed E-state index contributed by atoms with van der Waals surface area (Å²) in [6.45, 7) is 2.75. The van der Waals surface area contributed by atoms with Gasteiger partial charge >= 0.3 is 12.4 Å². The predicted octanol–water partition coefficient (Wildman–Crippen LogP) is 2.62. The molecular formula is C24H23F3N4O5. The Morgan fingerprint density at radius 2 is 1.39 bits per heavy atom. The summed E-state index contributed by atoms with van der Waals surface area (Å²) in [7, 11) is 0. The number of benzene rings is 2. The van der Waals surface area contributed by atoms with Crippen LogP contribution in [-0.2, 0) is 15.1 Å². The van der Waals surface area contributed by atoms with Crippen LogP contribution in [0.1, 0.15) is 18.4 Å². The zero-order valence-corrected chi connectivity index (χ0v) is 19.0. The topological polar surface area (TPSA) is 109 Å². The van der Waals surface area contributed by atoms with Crippen molar-refractivity contribution >= 4 is 17.8 Å². The first-order valence-corrected chi connectivity index (χ1v) is 11.4. The van der Waals surface area contributed by atoms with Crippen LogP contribution in [0, 0.1) is 5.41 Å². The van der Waals surface area contributed by atoms with Gasteiger partial charge in [0.1, 0.15) is 17.2 Å². The Hall–Kier alpha value is -3.64. The molecule has 0 aromatic heterocycles. The van der Waals surface area contributed by atoms with E-state index in [1.165, 1.54) is 12.1 Å². The molecule has 9 nitrogen and oxygen atoms in total. The Morgan fingerprint density at radius 3 is 1.92 bits per heavy atom.